The third-order valence-corrected chi connectivity index (χ3v) is 7.85. The van der Waals surface area contributed by atoms with Crippen molar-refractivity contribution < 1.29 is 17.9 Å². The Morgan fingerprint density at radius 2 is 1.91 bits per heavy atom. The van der Waals surface area contributed by atoms with Crippen molar-refractivity contribution in [2.75, 3.05) is 43.1 Å². The number of halogens is 1. The lowest BCUT2D eigenvalue weighted by molar-refractivity contribution is -0.114. The van der Waals surface area contributed by atoms with Crippen LogP contribution in [0.2, 0.25) is 5.02 Å². The zero-order valence-electron chi connectivity index (χ0n) is 17.8. The molecule has 0 aliphatic carbocycles. The highest BCUT2D eigenvalue weighted by atomic mass is 35.5. The average Bonchev–Trinajstić information content (AvgIpc) is 2.85. The minimum absolute atomic E-state index is 0.0690. The van der Waals surface area contributed by atoms with E-state index in [0.717, 1.165) is 24.1 Å². The number of sulfonamides is 1. The predicted octanol–water partition coefficient (Wildman–Crippen LogP) is 3.16. The highest BCUT2D eigenvalue weighted by molar-refractivity contribution is 7.89. The molecule has 33 heavy (non-hydrogen) atoms. The summed E-state index contributed by atoms with van der Waals surface area (Å²) in [4.78, 5) is 14.7. The second-order valence-electron chi connectivity index (χ2n) is 7.66. The van der Waals surface area contributed by atoms with E-state index >= 15 is 0 Å². The summed E-state index contributed by atoms with van der Waals surface area (Å²) in [6.45, 7) is 1.75. The van der Waals surface area contributed by atoms with Crippen molar-refractivity contribution in [1.29, 1.82) is 5.26 Å². The van der Waals surface area contributed by atoms with E-state index < -0.39 is 15.9 Å². The molecule has 2 aromatic carbocycles. The van der Waals surface area contributed by atoms with Crippen LogP contribution in [0.25, 0.3) is 0 Å². The van der Waals surface area contributed by atoms with E-state index in [1.807, 2.05) is 30.3 Å². The van der Waals surface area contributed by atoms with E-state index in [9.17, 15) is 18.5 Å². The van der Waals surface area contributed by atoms with Gasteiger partial charge in [0.05, 0.1) is 28.8 Å². The third kappa shape index (κ3) is 4.89. The molecule has 1 saturated heterocycles. The van der Waals surface area contributed by atoms with Gasteiger partial charge in [-0.2, -0.15) is 9.57 Å². The van der Waals surface area contributed by atoms with Gasteiger partial charge in [0.1, 0.15) is 11.6 Å². The lowest BCUT2D eigenvalue weighted by Crippen LogP contribution is -2.40. The highest BCUT2D eigenvalue weighted by Crippen LogP contribution is 2.29. The van der Waals surface area contributed by atoms with Crippen LogP contribution in [0.5, 0.6) is 0 Å². The first-order chi connectivity index (χ1) is 15.9. The fraction of sp³-hybridized carbons (Fsp3) is 0.304. The van der Waals surface area contributed by atoms with E-state index in [-0.39, 0.29) is 34.3 Å². The minimum atomic E-state index is -3.72. The molecule has 2 aromatic rings. The summed E-state index contributed by atoms with van der Waals surface area (Å²) in [5.41, 5.74) is 2.03. The van der Waals surface area contributed by atoms with Crippen molar-refractivity contribution in [2.24, 2.45) is 0 Å². The standard InChI is InChI=1S/C23H23ClN4O4S/c24-20-8-7-19(33(30,31)27-10-12-32-13-11-27)14-21(20)26-16-18(15-25)23(29)28-9-3-5-17-4-1-2-6-22(17)28/h1-2,4,6-8,14,16,26H,3,5,9-13H2/b18-16-. The second-order valence-corrected chi connectivity index (χ2v) is 10.0. The number of hydrogen-bond donors (Lipinski definition) is 1. The average molecular weight is 487 g/mol. The van der Waals surface area contributed by atoms with Gasteiger partial charge >= 0.3 is 0 Å². The van der Waals surface area contributed by atoms with E-state index in [0.29, 0.717) is 19.8 Å². The molecule has 0 atom stereocenters. The molecule has 0 bridgehead atoms. The molecule has 1 amide bonds. The van der Waals surface area contributed by atoms with Crippen LogP contribution >= 0.6 is 11.6 Å². The normalized spacial score (nSPS) is 17.2. The second kappa shape index (κ2) is 9.93. The van der Waals surface area contributed by atoms with Gasteiger partial charge in [-0.3, -0.25) is 4.79 Å². The first kappa shape index (κ1) is 23.3. The smallest absolute Gasteiger partial charge is 0.270 e. The number of benzene rings is 2. The van der Waals surface area contributed by atoms with Crippen LogP contribution in [0.15, 0.2) is 59.1 Å². The molecule has 172 valence electrons. The Bertz CT molecular complexity index is 1230. The van der Waals surface area contributed by atoms with Crippen LogP contribution < -0.4 is 10.2 Å². The van der Waals surface area contributed by atoms with E-state index in [2.05, 4.69) is 5.32 Å². The molecule has 0 unspecified atom stereocenters. The number of fused-ring (bicyclic) bond motifs is 1. The molecule has 0 radical (unpaired) electrons. The lowest BCUT2D eigenvalue weighted by Gasteiger charge is -2.29. The zero-order valence-corrected chi connectivity index (χ0v) is 19.4. The fourth-order valence-corrected chi connectivity index (χ4v) is 5.50. The van der Waals surface area contributed by atoms with Crippen molar-refractivity contribution in [3.05, 3.63) is 64.8 Å². The van der Waals surface area contributed by atoms with Gasteiger partial charge in [-0.1, -0.05) is 29.8 Å². The minimum Gasteiger partial charge on any atom is -0.379 e. The predicted molar refractivity (Wildman–Crippen MR) is 125 cm³/mol. The van der Waals surface area contributed by atoms with E-state index in [1.165, 1.54) is 28.7 Å². The molecular weight excluding hydrogens is 464 g/mol. The Morgan fingerprint density at radius 3 is 2.67 bits per heavy atom. The highest BCUT2D eigenvalue weighted by Gasteiger charge is 2.27. The SMILES string of the molecule is N#C/C(=C/Nc1cc(S(=O)(=O)N2CCOCC2)ccc1Cl)C(=O)N1CCCc2ccccc21. The topological polar surface area (TPSA) is 103 Å². The molecule has 4 rings (SSSR count). The first-order valence-corrected chi connectivity index (χ1v) is 12.4. The number of rotatable bonds is 5. The van der Waals surface area contributed by atoms with E-state index in [1.54, 1.807) is 4.90 Å². The van der Waals surface area contributed by atoms with Crippen LogP contribution in [0.1, 0.15) is 12.0 Å². The van der Waals surface area contributed by atoms with Gasteiger partial charge in [-0.25, -0.2) is 8.42 Å². The number of morpholine rings is 1. The zero-order chi connectivity index (χ0) is 23.4. The van der Waals surface area contributed by atoms with Gasteiger partial charge in [-0.05, 0) is 42.7 Å². The molecule has 1 N–H and O–H groups in total. The molecule has 1 fully saturated rings. The molecule has 0 spiro atoms. The number of hydrogen-bond acceptors (Lipinski definition) is 6. The lowest BCUT2D eigenvalue weighted by atomic mass is 10.0. The molecule has 2 aliphatic rings. The molecule has 2 heterocycles. The number of ether oxygens (including phenoxy) is 1. The summed E-state index contributed by atoms with van der Waals surface area (Å²) < 4.78 is 32.5. The van der Waals surface area contributed by atoms with Gasteiger partial charge in [0.15, 0.2) is 0 Å². The van der Waals surface area contributed by atoms with Crippen LogP contribution in [0.4, 0.5) is 11.4 Å². The number of nitrogens with one attached hydrogen (secondary N) is 1. The van der Waals surface area contributed by atoms with Gasteiger partial charge in [0.25, 0.3) is 5.91 Å². The molecule has 0 saturated carbocycles. The van der Waals surface area contributed by atoms with Crippen LogP contribution in [0, 0.1) is 11.3 Å². The summed E-state index contributed by atoms with van der Waals surface area (Å²) in [7, 11) is -3.72. The monoisotopic (exact) mass is 486 g/mol. The number of amides is 1. The molecule has 0 aromatic heterocycles. The number of aryl methyl sites for hydroxylation is 1. The maximum Gasteiger partial charge on any atom is 0.270 e. The number of anilines is 2. The Balaban J connectivity index is 1.57. The Labute approximate surface area is 198 Å². The van der Waals surface area contributed by atoms with Crippen molar-refractivity contribution in [2.45, 2.75) is 17.7 Å². The van der Waals surface area contributed by atoms with Crippen molar-refractivity contribution >= 4 is 38.9 Å². The third-order valence-electron chi connectivity index (χ3n) is 5.62. The fourth-order valence-electron chi connectivity index (χ4n) is 3.89. The maximum atomic E-state index is 13.1. The number of carbonyl (C=O) groups excluding carboxylic acids is 1. The molecule has 10 heteroatoms. The van der Waals surface area contributed by atoms with Crippen molar-refractivity contribution in [1.82, 2.24) is 4.31 Å². The first-order valence-electron chi connectivity index (χ1n) is 10.6. The number of nitriles is 1. The number of para-hydroxylation sites is 1. The van der Waals surface area contributed by atoms with Crippen molar-refractivity contribution in [3.8, 4) is 6.07 Å². The number of nitrogens with zero attached hydrogens (tertiary/aromatic N) is 3. The molecular formula is C23H23ClN4O4S. The molecule has 2 aliphatic heterocycles. The Hall–Kier alpha value is -2.90. The number of carbonyl (C=O) groups is 1. The Kier molecular flexibility index (Phi) is 7.00. The largest absolute Gasteiger partial charge is 0.379 e. The van der Waals surface area contributed by atoms with E-state index in [4.69, 9.17) is 16.3 Å². The van der Waals surface area contributed by atoms with Crippen LogP contribution in [0.3, 0.4) is 0 Å². The van der Waals surface area contributed by atoms with Gasteiger partial charge in [0, 0.05) is 31.5 Å². The molecule has 8 nitrogen and oxygen atoms in total. The van der Waals surface area contributed by atoms with Crippen LogP contribution in [-0.2, 0) is 26.0 Å². The quantitative estimate of drug-likeness (QED) is 0.514. The van der Waals surface area contributed by atoms with Crippen molar-refractivity contribution in [3.63, 3.8) is 0 Å². The summed E-state index contributed by atoms with van der Waals surface area (Å²) in [6, 6.07) is 13.9. The Morgan fingerprint density at radius 1 is 1.15 bits per heavy atom. The van der Waals surface area contributed by atoms with Gasteiger partial charge in [-0.15, -0.1) is 0 Å². The summed E-state index contributed by atoms with van der Waals surface area (Å²) in [5.74, 6) is -0.426. The summed E-state index contributed by atoms with van der Waals surface area (Å²) >= 11 is 6.26. The van der Waals surface area contributed by atoms with Gasteiger partial charge in [0.2, 0.25) is 10.0 Å². The van der Waals surface area contributed by atoms with Gasteiger partial charge < -0.3 is 15.0 Å². The summed E-state index contributed by atoms with van der Waals surface area (Å²) in [6.07, 6.45) is 2.96. The maximum absolute atomic E-state index is 13.1. The van der Waals surface area contributed by atoms with Crippen LogP contribution in [-0.4, -0.2) is 51.5 Å². The summed E-state index contributed by atoms with van der Waals surface area (Å²) in [5, 5.41) is 12.7.